The summed E-state index contributed by atoms with van der Waals surface area (Å²) in [6.45, 7) is 27.9. The molecule has 1 unspecified atom stereocenters. The van der Waals surface area contributed by atoms with Crippen LogP contribution in [-0.2, 0) is 70.4 Å². The van der Waals surface area contributed by atoms with Crippen molar-refractivity contribution in [1.82, 2.24) is 0 Å². The Balaban J connectivity index is 0.000000492. The number of aromatic carboxylic acids is 1. The fraction of sp³-hybridized carbons (Fsp3) is 0.433. The fourth-order valence-corrected chi connectivity index (χ4v) is 13.6. The Morgan fingerprint density at radius 2 is 1.28 bits per heavy atom. The van der Waals surface area contributed by atoms with Gasteiger partial charge in [0.1, 0.15) is 13.1 Å². The first kappa shape index (κ1) is 74.4. The molecule has 458 valence electrons. The van der Waals surface area contributed by atoms with Crippen LogP contribution in [0.15, 0.2) is 88.6 Å². The zero-order chi connectivity index (χ0) is 63.5. The molecule has 0 aliphatic carbocycles. The molecule has 0 spiro atoms. The molecule has 85 heavy (non-hydrogen) atoms. The van der Waals surface area contributed by atoms with Crippen LogP contribution in [-0.4, -0.2) is 122 Å². The molecule has 2 radical (unpaired) electrons. The lowest BCUT2D eigenvalue weighted by atomic mass is 9.80. The van der Waals surface area contributed by atoms with Gasteiger partial charge in [-0.25, -0.2) is 13.2 Å². The summed E-state index contributed by atoms with van der Waals surface area (Å²) < 4.78 is 86.4. The summed E-state index contributed by atoms with van der Waals surface area (Å²) in [4.78, 5) is 57.3. The fourth-order valence-electron chi connectivity index (χ4n) is 10.6. The largest absolute Gasteiger partial charge is 0.748 e. The molecule has 1 atom stereocenters. The quantitative estimate of drug-likeness (QED) is 0.0329. The van der Waals surface area contributed by atoms with E-state index in [-0.39, 0.29) is 42.9 Å². The number of thiophene rings is 3. The number of allylic oxidation sites excluding steroid dienone is 4. The average molecular weight is 1270 g/mol. The molecule has 0 amide bonds. The van der Waals surface area contributed by atoms with Crippen LogP contribution in [0.2, 0.25) is 0 Å². The summed E-state index contributed by atoms with van der Waals surface area (Å²) in [5.74, 6) is -1.64. The van der Waals surface area contributed by atoms with Crippen molar-refractivity contribution in [3.05, 3.63) is 111 Å². The minimum atomic E-state index is -4.32. The molecule has 3 aliphatic rings. The highest BCUT2D eigenvalue weighted by atomic mass is 32.2. The van der Waals surface area contributed by atoms with Crippen molar-refractivity contribution >= 4 is 146 Å². The number of hydrogen-bond donors (Lipinski definition) is 1. The lowest BCUT2D eigenvalue weighted by molar-refractivity contribution is -0.438. The number of benzene rings is 3. The van der Waals surface area contributed by atoms with Crippen LogP contribution in [0.4, 0.5) is 21.4 Å². The standard InChI is InChI=1S/C34H36N2O5S3.C17H22NS.C6H12O3.2CO2.CH4.BF.O3S/c1-6-15-35-28(34(4,5)25-20-23(32(37)38)31-22(30(25)35)14-18-43-31)10-7-9-27-33(2,3)24-11-12-26-21(13-17-42-26)29(24)36(27)16-8-19-44(39,40)41;1-5-6-10-18-12(2)17(3,4)14-7-8-15-13(16(14)18)9-11-19-15;1-4-8-6(3)9-5(2)7;2*2-1-3;;1-2;1-4(2)3/h7,9-14,17-18,20H,6,8,15-16,19H2,1-5H3,(H-,37,38,39,40,41);7-9,11H,5-6,10H2,1-4H3;6H,4H2,1-3H3;;;1H4;;/q;+1;;;;;;. The second-order valence-electron chi connectivity index (χ2n) is 20.6. The summed E-state index contributed by atoms with van der Waals surface area (Å²) in [5.41, 5.74) is 10.6. The van der Waals surface area contributed by atoms with Crippen LogP contribution in [0.1, 0.15) is 143 Å². The van der Waals surface area contributed by atoms with E-state index < -0.39 is 44.2 Å². The van der Waals surface area contributed by atoms with E-state index in [0.717, 1.165) is 68.0 Å². The molecule has 3 aromatic heterocycles. The van der Waals surface area contributed by atoms with Gasteiger partial charge in [-0.3, -0.25) is 4.79 Å². The number of esters is 1. The Morgan fingerprint density at radius 1 is 0.788 bits per heavy atom. The maximum atomic E-state index is 12.2. The summed E-state index contributed by atoms with van der Waals surface area (Å²) in [7, 11) is -4.43. The van der Waals surface area contributed by atoms with Gasteiger partial charge in [0, 0.05) is 88.7 Å². The van der Waals surface area contributed by atoms with Gasteiger partial charge < -0.3 is 28.3 Å². The van der Waals surface area contributed by atoms with Gasteiger partial charge in [-0.2, -0.15) is 28.3 Å². The molecule has 6 heterocycles. The van der Waals surface area contributed by atoms with Crippen molar-refractivity contribution in [3.8, 4) is 0 Å². The normalized spacial score (nSPS) is 15.2. The number of ether oxygens (including phenoxy) is 2. The van der Waals surface area contributed by atoms with Crippen LogP contribution in [0.25, 0.3) is 30.3 Å². The van der Waals surface area contributed by atoms with E-state index >= 15 is 0 Å². The molecule has 3 aromatic carbocycles. The molecular weight excluding hydrogens is 1190 g/mol. The molecule has 18 nitrogen and oxygen atoms in total. The number of nitrogens with zero attached hydrogens (tertiary/aromatic N) is 3. The highest BCUT2D eigenvalue weighted by Crippen LogP contribution is 2.53. The summed E-state index contributed by atoms with van der Waals surface area (Å²) in [6.07, 6.45) is 10.1. The van der Waals surface area contributed by atoms with Crippen molar-refractivity contribution in [2.75, 3.05) is 36.9 Å². The molecule has 0 saturated heterocycles. The number of carboxylic acids is 1. The van der Waals surface area contributed by atoms with Gasteiger partial charge in [0.05, 0.1) is 47.7 Å². The third kappa shape index (κ3) is 18.0. The van der Waals surface area contributed by atoms with Crippen LogP contribution in [0.3, 0.4) is 0 Å². The summed E-state index contributed by atoms with van der Waals surface area (Å²) >= 11 is 4.98. The molecule has 0 saturated carbocycles. The van der Waals surface area contributed by atoms with E-state index in [2.05, 4.69) is 155 Å². The van der Waals surface area contributed by atoms with Gasteiger partial charge in [0.25, 0.3) is 0 Å². The minimum Gasteiger partial charge on any atom is -0.748 e. The van der Waals surface area contributed by atoms with Crippen molar-refractivity contribution in [3.63, 3.8) is 0 Å². The molecule has 0 fully saturated rings. The predicted octanol–water partition coefficient (Wildman–Crippen LogP) is 12.3. The second-order valence-corrected chi connectivity index (χ2v) is 25.3. The van der Waals surface area contributed by atoms with Crippen molar-refractivity contribution in [1.29, 1.82) is 0 Å². The number of carbonyl (C=O) groups is 2. The van der Waals surface area contributed by atoms with E-state index in [1.807, 2.05) is 35.8 Å². The number of carbonyl (C=O) groups excluding carboxylic acids is 5. The molecule has 3 aliphatic heterocycles. The van der Waals surface area contributed by atoms with Gasteiger partial charge in [0.15, 0.2) is 17.7 Å². The molecule has 1 N–H and O–H groups in total. The van der Waals surface area contributed by atoms with Gasteiger partial charge >= 0.3 is 43.0 Å². The Morgan fingerprint density at radius 3 is 1.76 bits per heavy atom. The van der Waals surface area contributed by atoms with Crippen LogP contribution < -0.4 is 4.90 Å². The number of fused-ring (bicyclic) bond motifs is 9. The lowest BCUT2D eigenvalue weighted by Gasteiger charge is -2.26. The van der Waals surface area contributed by atoms with E-state index in [1.165, 1.54) is 63.7 Å². The number of carboxylic acid groups (broad SMARTS) is 1. The van der Waals surface area contributed by atoms with Gasteiger partial charge in [-0.1, -0.05) is 47.6 Å². The number of anilines is 1. The molecule has 0 bridgehead atoms. The third-order valence-corrected chi connectivity index (χ3v) is 17.9. The molecule has 6 aromatic rings. The number of unbranched alkanes of at least 4 members (excludes halogenated alkanes) is 1. The van der Waals surface area contributed by atoms with E-state index in [1.54, 1.807) is 18.3 Å². The topological polar surface area (TPSA) is 259 Å². The highest BCUT2D eigenvalue weighted by Gasteiger charge is 2.47. The highest BCUT2D eigenvalue weighted by molar-refractivity contribution is 7.85. The first-order chi connectivity index (χ1) is 39.6. The predicted molar refractivity (Wildman–Crippen MR) is 332 cm³/mol. The van der Waals surface area contributed by atoms with Gasteiger partial charge in [-0.05, 0) is 124 Å². The van der Waals surface area contributed by atoms with Gasteiger partial charge in [0.2, 0.25) is 11.4 Å². The zero-order valence-corrected chi connectivity index (χ0v) is 53.1. The number of halogens is 1. The number of hydrogen-bond acceptors (Lipinski definition) is 18. The molecular formula is C60H74BFN3O15S5+. The van der Waals surface area contributed by atoms with E-state index in [9.17, 15) is 27.7 Å². The van der Waals surface area contributed by atoms with Crippen LogP contribution in [0, 0.1) is 0 Å². The Kier molecular flexibility index (Phi) is 29.2. The Labute approximate surface area is 511 Å². The van der Waals surface area contributed by atoms with Crippen LogP contribution in [0.5, 0.6) is 0 Å². The summed E-state index contributed by atoms with van der Waals surface area (Å²) in [6, 6.07) is 17.2. The van der Waals surface area contributed by atoms with Crippen molar-refractivity contribution in [2.24, 2.45) is 0 Å². The molecule has 25 heteroatoms. The maximum Gasteiger partial charge on any atom is 0.425 e. The van der Waals surface area contributed by atoms with Crippen molar-refractivity contribution in [2.45, 2.75) is 139 Å². The smallest absolute Gasteiger partial charge is 0.425 e. The lowest BCUT2D eigenvalue weighted by Crippen LogP contribution is -2.28. The SMILES string of the molecule is C.CCCC[N+]1=C(C)C(C)(C)c2ccc3sccc3c21.CCCN1/C(=C/C=C/C2=[N+](CCCS(=O)(=O)[O-])c3c(ccc4sccc34)C2(C)C)C(C)(C)c2cc(C(=O)O)c3sccc3c21.CCOC(C)OC(C)=O.O=C=O.O=C=O.O=S(=O)=O.[B]F. The zero-order valence-electron chi connectivity index (χ0n) is 49.0. The van der Waals surface area contributed by atoms with Crippen molar-refractivity contribution < 1.29 is 82.4 Å². The van der Waals surface area contributed by atoms with Crippen LogP contribution >= 0.6 is 34.0 Å². The Hall–Kier alpha value is -6.66. The third-order valence-electron chi connectivity index (χ3n) is 14.4. The maximum absolute atomic E-state index is 12.2. The second kappa shape index (κ2) is 33.3. The van der Waals surface area contributed by atoms with E-state index in [4.69, 9.17) is 40.9 Å². The summed E-state index contributed by atoms with van der Waals surface area (Å²) in [5, 5.41) is 19.8. The Bertz CT molecular complexity index is 3730. The van der Waals surface area contributed by atoms with E-state index in [0.29, 0.717) is 18.7 Å². The van der Waals surface area contributed by atoms with Gasteiger partial charge in [-0.15, -0.1) is 46.6 Å². The average Bonchev–Trinajstić information content (AvgIpc) is 1.67. The molecule has 9 rings (SSSR count). The first-order valence-electron chi connectivity index (χ1n) is 26.5. The first-order valence-corrected chi connectivity index (χ1v) is 31.7. The number of rotatable bonds is 15. The minimum absolute atomic E-state index is 0. The monoisotopic (exact) mass is 1270 g/mol.